The Morgan fingerprint density at radius 2 is 2.00 bits per heavy atom. The molecule has 138 valence electrons. The number of carbonyl (C=O) groups excluding carboxylic acids is 1. The smallest absolute Gasteiger partial charge is 0.349 e. The Bertz CT molecular complexity index is 1030. The van der Waals surface area contributed by atoms with Gasteiger partial charge in [0.1, 0.15) is 11.1 Å². The normalized spacial score (nSPS) is 14.3. The van der Waals surface area contributed by atoms with Gasteiger partial charge in [-0.15, -0.1) is 0 Å². The third kappa shape index (κ3) is 3.80. The minimum Gasteiger partial charge on any atom is -0.422 e. The van der Waals surface area contributed by atoms with Gasteiger partial charge in [-0.25, -0.2) is 14.8 Å². The van der Waals surface area contributed by atoms with E-state index in [-0.39, 0.29) is 12.1 Å². The number of nitrogens with zero attached hydrogens (tertiary/aromatic N) is 3. The predicted octanol–water partition coefficient (Wildman–Crippen LogP) is 1.35. The number of rotatable bonds is 4. The standard InChI is InChI=1S/C19H18N4O4/c24-17(15-11-13-3-1-2-4-16(13)27-18(15)25)21-12-14-5-6-20-19(22-14)23-7-9-26-10-8-23/h1-6,11H,7-10,12H2,(H,21,24). The highest BCUT2D eigenvalue weighted by molar-refractivity contribution is 5.96. The van der Waals surface area contributed by atoms with Crippen molar-refractivity contribution in [2.75, 3.05) is 31.2 Å². The number of hydrogen-bond acceptors (Lipinski definition) is 7. The number of hydrogen-bond donors (Lipinski definition) is 1. The molecule has 8 heteroatoms. The molecule has 0 aliphatic carbocycles. The minimum atomic E-state index is -0.664. The molecule has 0 atom stereocenters. The molecule has 1 aliphatic heterocycles. The van der Waals surface area contributed by atoms with E-state index in [4.69, 9.17) is 9.15 Å². The lowest BCUT2D eigenvalue weighted by atomic mass is 10.2. The van der Waals surface area contributed by atoms with Crippen LogP contribution in [0.25, 0.3) is 11.0 Å². The van der Waals surface area contributed by atoms with Crippen LogP contribution in [0.4, 0.5) is 5.95 Å². The molecule has 0 saturated carbocycles. The Morgan fingerprint density at radius 3 is 2.85 bits per heavy atom. The first-order valence-corrected chi connectivity index (χ1v) is 8.66. The molecule has 27 heavy (non-hydrogen) atoms. The second-order valence-electron chi connectivity index (χ2n) is 6.12. The van der Waals surface area contributed by atoms with Crippen LogP contribution in [0.2, 0.25) is 0 Å². The summed E-state index contributed by atoms with van der Waals surface area (Å²) in [5, 5.41) is 3.41. The van der Waals surface area contributed by atoms with E-state index in [1.807, 2.05) is 11.0 Å². The van der Waals surface area contributed by atoms with Crippen LogP contribution in [0, 0.1) is 0 Å². The first-order valence-electron chi connectivity index (χ1n) is 8.66. The van der Waals surface area contributed by atoms with Crippen molar-refractivity contribution in [2.45, 2.75) is 6.54 Å². The van der Waals surface area contributed by atoms with Crippen LogP contribution < -0.4 is 15.8 Å². The summed E-state index contributed by atoms with van der Waals surface area (Å²) in [6.07, 6.45) is 1.66. The molecule has 1 N–H and O–H groups in total. The molecule has 0 bridgehead atoms. The fourth-order valence-electron chi connectivity index (χ4n) is 2.89. The molecule has 0 spiro atoms. The molecule has 3 aromatic rings. The van der Waals surface area contributed by atoms with E-state index in [1.54, 1.807) is 30.5 Å². The van der Waals surface area contributed by atoms with Gasteiger partial charge >= 0.3 is 5.63 Å². The lowest BCUT2D eigenvalue weighted by Gasteiger charge is -2.26. The first kappa shape index (κ1) is 17.2. The Hall–Kier alpha value is -3.26. The fraction of sp³-hybridized carbons (Fsp3) is 0.263. The highest BCUT2D eigenvalue weighted by Gasteiger charge is 2.16. The topological polar surface area (TPSA) is 97.6 Å². The third-order valence-corrected chi connectivity index (χ3v) is 4.31. The van der Waals surface area contributed by atoms with Gasteiger partial charge in [-0.2, -0.15) is 0 Å². The summed E-state index contributed by atoms with van der Waals surface area (Å²) >= 11 is 0. The zero-order chi connectivity index (χ0) is 18.6. The quantitative estimate of drug-likeness (QED) is 0.696. The van der Waals surface area contributed by atoms with Gasteiger partial charge in [-0.1, -0.05) is 18.2 Å². The van der Waals surface area contributed by atoms with E-state index >= 15 is 0 Å². The molecular weight excluding hydrogens is 348 g/mol. The molecule has 1 aliphatic rings. The van der Waals surface area contributed by atoms with Crippen molar-refractivity contribution < 1.29 is 13.9 Å². The second-order valence-corrected chi connectivity index (χ2v) is 6.12. The Kier molecular flexibility index (Phi) is 4.80. The van der Waals surface area contributed by atoms with Gasteiger partial charge in [0.25, 0.3) is 5.91 Å². The Balaban J connectivity index is 1.48. The number of carbonyl (C=O) groups is 1. The number of anilines is 1. The second kappa shape index (κ2) is 7.55. The molecule has 1 aromatic carbocycles. The molecule has 4 rings (SSSR count). The average Bonchev–Trinajstić information content (AvgIpc) is 2.72. The summed E-state index contributed by atoms with van der Waals surface area (Å²) in [6, 6.07) is 10.3. The van der Waals surface area contributed by atoms with Gasteiger partial charge in [0, 0.05) is 24.7 Å². The summed E-state index contributed by atoms with van der Waals surface area (Å²) in [7, 11) is 0. The van der Waals surface area contributed by atoms with Crippen molar-refractivity contribution in [3.05, 3.63) is 64.3 Å². The van der Waals surface area contributed by atoms with Crippen molar-refractivity contribution in [1.82, 2.24) is 15.3 Å². The number of benzene rings is 1. The van der Waals surface area contributed by atoms with Crippen LogP contribution in [-0.4, -0.2) is 42.2 Å². The van der Waals surface area contributed by atoms with E-state index in [2.05, 4.69) is 15.3 Å². The first-order chi connectivity index (χ1) is 13.2. The van der Waals surface area contributed by atoms with Crippen molar-refractivity contribution >= 4 is 22.8 Å². The molecule has 2 aromatic heterocycles. The maximum Gasteiger partial charge on any atom is 0.349 e. The number of nitrogens with one attached hydrogen (secondary N) is 1. The summed E-state index contributed by atoms with van der Waals surface area (Å²) in [6.45, 7) is 2.93. The number of ether oxygens (including phenoxy) is 1. The van der Waals surface area contributed by atoms with Gasteiger partial charge in [0.15, 0.2) is 0 Å². The largest absolute Gasteiger partial charge is 0.422 e. The third-order valence-electron chi connectivity index (χ3n) is 4.31. The van der Waals surface area contributed by atoms with Gasteiger partial charge in [0.05, 0.1) is 25.5 Å². The van der Waals surface area contributed by atoms with Crippen molar-refractivity contribution in [3.63, 3.8) is 0 Å². The van der Waals surface area contributed by atoms with E-state index in [9.17, 15) is 9.59 Å². The molecule has 0 unspecified atom stereocenters. The number of morpholine rings is 1. The number of aromatic nitrogens is 2. The molecule has 1 fully saturated rings. The summed E-state index contributed by atoms with van der Waals surface area (Å²) in [4.78, 5) is 35.3. The maximum atomic E-state index is 12.4. The van der Waals surface area contributed by atoms with E-state index < -0.39 is 11.5 Å². The maximum absolute atomic E-state index is 12.4. The summed E-state index contributed by atoms with van der Waals surface area (Å²) < 4.78 is 10.5. The van der Waals surface area contributed by atoms with Gasteiger partial charge in [0.2, 0.25) is 5.95 Å². The average molecular weight is 366 g/mol. The van der Waals surface area contributed by atoms with Crippen molar-refractivity contribution in [2.24, 2.45) is 0 Å². The van der Waals surface area contributed by atoms with Crippen molar-refractivity contribution in [1.29, 1.82) is 0 Å². The minimum absolute atomic E-state index is 0.0313. The zero-order valence-corrected chi connectivity index (χ0v) is 14.6. The Morgan fingerprint density at radius 1 is 1.19 bits per heavy atom. The van der Waals surface area contributed by atoms with Gasteiger partial charge in [-0.05, 0) is 18.2 Å². The predicted molar refractivity (Wildman–Crippen MR) is 98.7 cm³/mol. The SMILES string of the molecule is O=C(NCc1ccnc(N2CCOCC2)n1)c1cc2ccccc2oc1=O. The summed E-state index contributed by atoms with van der Waals surface area (Å²) in [5.74, 6) is 0.108. The van der Waals surface area contributed by atoms with Crippen molar-refractivity contribution in [3.8, 4) is 0 Å². The lowest BCUT2D eigenvalue weighted by Crippen LogP contribution is -2.37. The lowest BCUT2D eigenvalue weighted by molar-refractivity contribution is 0.0947. The number of para-hydroxylation sites is 1. The van der Waals surface area contributed by atoms with Crippen LogP contribution in [0.5, 0.6) is 0 Å². The van der Waals surface area contributed by atoms with Gasteiger partial charge < -0.3 is 19.4 Å². The van der Waals surface area contributed by atoms with Crippen LogP contribution in [-0.2, 0) is 11.3 Å². The van der Waals surface area contributed by atoms with Crippen LogP contribution in [0.1, 0.15) is 16.1 Å². The van der Waals surface area contributed by atoms with E-state index in [0.29, 0.717) is 35.8 Å². The molecule has 1 saturated heterocycles. The van der Waals surface area contributed by atoms with Crippen LogP contribution >= 0.6 is 0 Å². The van der Waals surface area contributed by atoms with E-state index in [1.165, 1.54) is 6.07 Å². The van der Waals surface area contributed by atoms with Crippen LogP contribution in [0.3, 0.4) is 0 Å². The molecule has 8 nitrogen and oxygen atoms in total. The molecule has 1 amide bonds. The highest BCUT2D eigenvalue weighted by atomic mass is 16.5. The fourth-order valence-corrected chi connectivity index (χ4v) is 2.89. The number of fused-ring (bicyclic) bond motifs is 1. The number of amides is 1. The highest BCUT2D eigenvalue weighted by Crippen LogP contribution is 2.13. The van der Waals surface area contributed by atoms with Crippen LogP contribution in [0.15, 0.2) is 51.8 Å². The molecule has 3 heterocycles. The Labute approximate surface area is 154 Å². The zero-order valence-electron chi connectivity index (χ0n) is 14.6. The van der Waals surface area contributed by atoms with Gasteiger partial charge in [-0.3, -0.25) is 4.79 Å². The summed E-state index contributed by atoms with van der Waals surface area (Å²) in [5.41, 5.74) is 0.411. The monoisotopic (exact) mass is 366 g/mol. The molecular formula is C19H18N4O4. The molecule has 0 radical (unpaired) electrons. The van der Waals surface area contributed by atoms with E-state index in [0.717, 1.165) is 13.1 Å².